The van der Waals surface area contributed by atoms with Crippen LogP contribution in [0.15, 0.2) is 59.8 Å². The molecule has 0 bridgehead atoms. The van der Waals surface area contributed by atoms with Crippen LogP contribution in [0.1, 0.15) is 10.4 Å². The van der Waals surface area contributed by atoms with E-state index in [1.807, 2.05) is 0 Å². The van der Waals surface area contributed by atoms with Gasteiger partial charge in [0.25, 0.3) is 5.91 Å². The summed E-state index contributed by atoms with van der Waals surface area (Å²) in [6, 6.07) is 13.2. The molecule has 3 rings (SSSR count). The number of aromatic nitrogens is 2. The zero-order valence-electron chi connectivity index (χ0n) is 12.7. The van der Waals surface area contributed by atoms with Crippen LogP contribution in [0.4, 0.5) is 0 Å². The summed E-state index contributed by atoms with van der Waals surface area (Å²) in [4.78, 5) is 19.3. The zero-order chi connectivity index (χ0) is 17.0. The topological polar surface area (TPSA) is 104 Å². The van der Waals surface area contributed by atoms with Gasteiger partial charge >= 0.3 is 0 Å². The molecule has 0 fully saturated rings. The van der Waals surface area contributed by atoms with Crippen LogP contribution in [0.25, 0.3) is 11.0 Å². The summed E-state index contributed by atoms with van der Waals surface area (Å²) in [6.45, 7) is 0.293. The normalized spacial score (nSPS) is 11.5. The van der Waals surface area contributed by atoms with Crippen LogP contribution in [0.3, 0.4) is 0 Å². The molecule has 8 heteroatoms. The van der Waals surface area contributed by atoms with Crippen molar-refractivity contribution in [3.8, 4) is 0 Å². The first-order valence-corrected chi connectivity index (χ1v) is 8.81. The maximum atomic E-state index is 12.1. The van der Waals surface area contributed by atoms with Gasteiger partial charge in [0, 0.05) is 18.7 Å². The van der Waals surface area contributed by atoms with Crippen LogP contribution in [0.2, 0.25) is 0 Å². The number of nitrogens with one attached hydrogen (secondary N) is 3. The summed E-state index contributed by atoms with van der Waals surface area (Å²) in [5, 5.41) is 2.68. The number of hydrogen-bond donors (Lipinski definition) is 3. The van der Waals surface area contributed by atoms with Gasteiger partial charge in [-0.25, -0.2) is 18.1 Å². The summed E-state index contributed by atoms with van der Waals surface area (Å²) in [7, 11) is -3.56. The lowest BCUT2D eigenvalue weighted by molar-refractivity contribution is 0.0954. The molecule has 3 aromatic rings. The molecule has 2 aromatic carbocycles. The largest absolute Gasteiger partial charge is 0.351 e. The summed E-state index contributed by atoms with van der Waals surface area (Å²) in [6.07, 6.45) is 1.56. The van der Waals surface area contributed by atoms with Gasteiger partial charge in [0.15, 0.2) is 0 Å². The molecule has 3 N–H and O–H groups in total. The Bertz CT molecular complexity index is 952. The maximum absolute atomic E-state index is 12.1. The van der Waals surface area contributed by atoms with E-state index in [9.17, 15) is 13.2 Å². The van der Waals surface area contributed by atoms with Gasteiger partial charge in [0.05, 0.1) is 22.3 Å². The van der Waals surface area contributed by atoms with Gasteiger partial charge in [-0.2, -0.15) is 0 Å². The first-order chi connectivity index (χ1) is 11.6. The van der Waals surface area contributed by atoms with E-state index in [0.717, 1.165) is 11.0 Å². The fourth-order valence-corrected chi connectivity index (χ4v) is 3.28. The second kappa shape index (κ2) is 6.81. The Balaban J connectivity index is 1.53. The quantitative estimate of drug-likeness (QED) is 0.586. The first-order valence-electron chi connectivity index (χ1n) is 7.32. The van der Waals surface area contributed by atoms with Crippen LogP contribution in [0, 0.1) is 0 Å². The van der Waals surface area contributed by atoms with Crippen LogP contribution in [-0.4, -0.2) is 37.4 Å². The number of amides is 1. The smallest absolute Gasteiger partial charge is 0.251 e. The number of H-pyrrole nitrogens is 1. The van der Waals surface area contributed by atoms with Gasteiger partial charge in [0.2, 0.25) is 10.0 Å². The molecule has 0 aliphatic rings. The Hall–Kier alpha value is -2.71. The van der Waals surface area contributed by atoms with E-state index in [2.05, 4.69) is 20.0 Å². The molecule has 124 valence electrons. The van der Waals surface area contributed by atoms with Crippen LogP contribution >= 0.6 is 0 Å². The van der Waals surface area contributed by atoms with Crippen molar-refractivity contribution in [3.63, 3.8) is 0 Å². The van der Waals surface area contributed by atoms with Crippen molar-refractivity contribution in [1.29, 1.82) is 0 Å². The molecule has 7 nitrogen and oxygen atoms in total. The molecular formula is C16H16N4O3S. The number of carbonyl (C=O) groups excluding carboxylic acids is 1. The Kier molecular flexibility index (Phi) is 4.59. The van der Waals surface area contributed by atoms with Crippen molar-refractivity contribution in [1.82, 2.24) is 20.0 Å². The minimum absolute atomic E-state index is 0.106. The van der Waals surface area contributed by atoms with Crippen molar-refractivity contribution in [2.75, 3.05) is 13.1 Å². The number of rotatable bonds is 6. The van der Waals surface area contributed by atoms with Gasteiger partial charge < -0.3 is 10.3 Å². The third-order valence-electron chi connectivity index (χ3n) is 3.44. The standard InChI is InChI=1S/C16H16N4O3S/c21-16(12-6-7-14-15(10-12)19-11-18-14)17-8-9-20-24(22,23)13-4-2-1-3-5-13/h1-7,10-11,20H,8-9H2,(H,17,21)(H,18,19). The van der Waals surface area contributed by atoms with Gasteiger partial charge in [-0.15, -0.1) is 0 Å². The van der Waals surface area contributed by atoms with Crippen molar-refractivity contribution in [3.05, 3.63) is 60.4 Å². The number of sulfonamides is 1. The molecule has 0 aliphatic carbocycles. The predicted molar refractivity (Wildman–Crippen MR) is 90.1 cm³/mol. The Morgan fingerprint density at radius 3 is 2.67 bits per heavy atom. The molecule has 0 saturated carbocycles. The van der Waals surface area contributed by atoms with E-state index in [1.165, 1.54) is 12.1 Å². The molecule has 0 saturated heterocycles. The number of aromatic amines is 1. The zero-order valence-corrected chi connectivity index (χ0v) is 13.5. The molecule has 0 aliphatic heterocycles. The summed E-state index contributed by atoms with van der Waals surface area (Å²) in [5.74, 6) is -0.273. The van der Waals surface area contributed by atoms with Crippen LogP contribution in [-0.2, 0) is 10.0 Å². The number of nitrogens with zero attached hydrogens (tertiary/aromatic N) is 1. The van der Waals surface area contributed by atoms with Gasteiger partial charge in [-0.3, -0.25) is 4.79 Å². The average Bonchev–Trinajstić information content (AvgIpc) is 3.07. The van der Waals surface area contributed by atoms with E-state index in [1.54, 1.807) is 42.7 Å². The van der Waals surface area contributed by atoms with Gasteiger partial charge in [-0.05, 0) is 30.3 Å². The molecule has 1 heterocycles. The highest BCUT2D eigenvalue weighted by Crippen LogP contribution is 2.11. The third-order valence-corrected chi connectivity index (χ3v) is 4.92. The molecule has 24 heavy (non-hydrogen) atoms. The van der Waals surface area contributed by atoms with Gasteiger partial charge in [-0.1, -0.05) is 18.2 Å². The highest BCUT2D eigenvalue weighted by Gasteiger charge is 2.12. The van der Waals surface area contributed by atoms with E-state index < -0.39 is 10.0 Å². The van der Waals surface area contributed by atoms with Gasteiger partial charge in [0.1, 0.15) is 0 Å². The fourth-order valence-electron chi connectivity index (χ4n) is 2.22. The van der Waals surface area contributed by atoms with Crippen molar-refractivity contribution >= 4 is 27.0 Å². The first kappa shape index (κ1) is 16.2. The highest BCUT2D eigenvalue weighted by atomic mass is 32.2. The lowest BCUT2D eigenvalue weighted by atomic mass is 10.2. The van der Waals surface area contributed by atoms with Crippen molar-refractivity contribution in [2.24, 2.45) is 0 Å². The van der Waals surface area contributed by atoms with E-state index in [0.29, 0.717) is 5.56 Å². The lowest BCUT2D eigenvalue weighted by Crippen LogP contribution is -2.34. The van der Waals surface area contributed by atoms with E-state index >= 15 is 0 Å². The number of imidazole rings is 1. The van der Waals surface area contributed by atoms with Crippen LogP contribution < -0.4 is 10.0 Å². The number of benzene rings is 2. The molecule has 0 radical (unpaired) electrons. The maximum Gasteiger partial charge on any atom is 0.251 e. The lowest BCUT2D eigenvalue weighted by Gasteiger charge is -2.08. The van der Waals surface area contributed by atoms with Crippen LogP contribution in [0.5, 0.6) is 0 Å². The van der Waals surface area contributed by atoms with Crippen molar-refractivity contribution < 1.29 is 13.2 Å². The van der Waals surface area contributed by atoms with Crippen molar-refractivity contribution in [2.45, 2.75) is 4.90 Å². The summed E-state index contributed by atoms with van der Waals surface area (Å²) in [5.41, 5.74) is 2.03. The second-order valence-corrected chi connectivity index (χ2v) is 6.87. The summed E-state index contributed by atoms with van der Waals surface area (Å²) >= 11 is 0. The number of hydrogen-bond acceptors (Lipinski definition) is 4. The Morgan fingerprint density at radius 1 is 1.08 bits per heavy atom. The molecule has 0 atom stereocenters. The SMILES string of the molecule is O=C(NCCNS(=O)(=O)c1ccccc1)c1ccc2nc[nH]c2c1. The Labute approximate surface area is 139 Å². The monoisotopic (exact) mass is 344 g/mol. The van der Waals surface area contributed by atoms with E-state index in [-0.39, 0.29) is 23.9 Å². The number of carbonyl (C=O) groups is 1. The van der Waals surface area contributed by atoms with E-state index in [4.69, 9.17) is 0 Å². The third kappa shape index (κ3) is 3.61. The molecular weight excluding hydrogens is 328 g/mol. The average molecular weight is 344 g/mol. The number of fused-ring (bicyclic) bond motifs is 1. The fraction of sp³-hybridized carbons (Fsp3) is 0.125. The molecule has 0 unspecified atom stereocenters. The second-order valence-electron chi connectivity index (χ2n) is 5.10. The summed E-state index contributed by atoms with van der Waals surface area (Å²) < 4.78 is 26.5. The molecule has 0 spiro atoms. The predicted octanol–water partition coefficient (Wildman–Crippen LogP) is 1.27. The minimum Gasteiger partial charge on any atom is -0.351 e. The Morgan fingerprint density at radius 2 is 1.88 bits per heavy atom. The molecule has 1 amide bonds. The minimum atomic E-state index is -3.56. The highest BCUT2D eigenvalue weighted by molar-refractivity contribution is 7.89. The molecule has 1 aromatic heterocycles.